The lowest BCUT2D eigenvalue weighted by molar-refractivity contribution is -0.135. The number of nitrogens with zero attached hydrogens (tertiary/aromatic N) is 1. The molecule has 2 amide bonds. The molecule has 0 bridgehead atoms. The number of carbonyl (C=O) groups is 2. The fourth-order valence-electron chi connectivity index (χ4n) is 1.29. The number of nitrogens with one attached hydrogen (secondary N) is 1. The first-order valence-corrected chi connectivity index (χ1v) is 4.92. The van der Waals surface area contributed by atoms with E-state index in [9.17, 15) is 9.59 Å². The van der Waals surface area contributed by atoms with Gasteiger partial charge < -0.3 is 15.2 Å². The second kappa shape index (κ2) is 5.74. The summed E-state index contributed by atoms with van der Waals surface area (Å²) in [5.74, 6) is -0.549. The highest BCUT2D eigenvalue weighted by Gasteiger charge is 2.14. The monoisotopic (exact) mass is 238 g/mol. The van der Waals surface area contributed by atoms with Gasteiger partial charge in [0, 0.05) is 7.05 Å². The maximum atomic E-state index is 11.6. The van der Waals surface area contributed by atoms with Crippen molar-refractivity contribution in [3.63, 3.8) is 0 Å². The topological polar surface area (TPSA) is 78.9 Å². The van der Waals surface area contributed by atoms with Crippen LogP contribution in [0.1, 0.15) is 0 Å². The molecule has 92 valence electrons. The molecule has 1 aromatic carbocycles. The number of anilines is 1. The van der Waals surface area contributed by atoms with Crippen molar-refractivity contribution in [2.45, 2.75) is 0 Å². The molecule has 0 saturated carbocycles. The zero-order valence-electron chi connectivity index (χ0n) is 9.64. The number of rotatable bonds is 4. The number of methoxy groups -OCH3 is 1. The van der Waals surface area contributed by atoms with Crippen LogP contribution in [0, 0.1) is 0 Å². The molecule has 6 heteroatoms. The van der Waals surface area contributed by atoms with E-state index in [1.165, 1.54) is 19.1 Å². The summed E-state index contributed by atoms with van der Waals surface area (Å²) in [5, 5.41) is 10.7. The highest BCUT2D eigenvalue weighted by atomic mass is 16.5. The summed E-state index contributed by atoms with van der Waals surface area (Å²) >= 11 is 0. The van der Waals surface area contributed by atoms with E-state index in [-0.39, 0.29) is 0 Å². The fourth-order valence-corrected chi connectivity index (χ4v) is 1.29. The van der Waals surface area contributed by atoms with Crippen LogP contribution in [-0.2, 0) is 4.79 Å². The van der Waals surface area contributed by atoms with E-state index in [0.29, 0.717) is 11.4 Å². The maximum absolute atomic E-state index is 11.6. The molecule has 0 heterocycles. The minimum absolute atomic E-state index is 0.418. The van der Waals surface area contributed by atoms with Gasteiger partial charge in [-0.2, -0.15) is 0 Å². The van der Waals surface area contributed by atoms with Crippen LogP contribution < -0.4 is 15.0 Å². The Balaban J connectivity index is 2.77. The third kappa shape index (κ3) is 3.37. The number of benzene rings is 1. The molecule has 0 aliphatic heterocycles. The van der Waals surface area contributed by atoms with Gasteiger partial charge in [0.05, 0.1) is 12.8 Å². The molecule has 17 heavy (non-hydrogen) atoms. The minimum Gasteiger partial charge on any atom is -0.495 e. The third-order valence-electron chi connectivity index (χ3n) is 2.14. The summed E-state index contributed by atoms with van der Waals surface area (Å²) in [6, 6.07) is 6.47. The van der Waals surface area contributed by atoms with E-state index in [1.54, 1.807) is 24.3 Å². The normalized spacial score (nSPS) is 9.53. The van der Waals surface area contributed by atoms with Gasteiger partial charge in [-0.05, 0) is 12.1 Å². The Labute approximate surface area is 98.8 Å². The summed E-state index contributed by atoms with van der Waals surface area (Å²) in [6.07, 6.45) is 0. The molecule has 6 nitrogen and oxygen atoms in total. The standard InChI is InChI=1S/C11H14N2O4/c1-13(11(16)12-7-10(14)15)8-5-3-4-6-9(8)17-2/h3-6H,7H2,1-2H3,(H,12,16)(H,14,15). The molecule has 2 N–H and O–H groups in total. The van der Waals surface area contributed by atoms with Gasteiger partial charge in [-0.3, -0.25) is 9.69 Å². The number of para-hydroxylation sites is 2. The molecule has 0 radical (unpaired) electrons. The highest BCUT2D eigenvalue weighted by Crippen LogP contribution is 2.26. The Morgan fingerprint density at radius 2 is 2.06 bits per heavy atom. The quantitative estimate of drug-likeness (QED) is 0.817. The lowest BCUT2D eigenvalue weighted by Gasteiger charge is -2.19. The van der Waals surface area contributed by atoms with Gasteiger partial charge in [0.2, 0.25) is 0 Å². The van der Waals surface area contributed by atoms with E-state index in [0.717, 1.165) is 0 Å². The third-order valence-corrected chi connectivity index (χ3v) is 2.14. The summed E-state index contributed by atoms with van der Waals surface area (Å²) in [5.41, 5.74) is 0.567. The van der Waals surface area contributed by atoms with Crippen molar-refractivity contribution in [3.05, 3.63) is 24.3 Å². The summed E-state index contributed by atoms with van der Waals surface area (Å²) in [4.78, 5) is 23.2. The Kier molecular flexibility index (Phi) is 4.33. The Morgan fingerprint density at radius 1 is 1.41 bits per heavy atom. The van der Waals surface area contributed by atoms with Crippen LogP contribution in [0.4, 0.5) is 10.5 Å². The fraction of sp³-hybridized carbons (Fsp3) is 0.273. The number of ether oxygens (including phenoxy) is 1. The largest absolute Gasteiger partial charge is 0.495 e. The van der Waals surface area contributed by atoms with Crippen LogP contribution in [0.5, 0.6) is 5.75 Å². The van der Waals surface area contributed by atoms with Gasteiger partial charge in [0.15, 0.2) is 0 Å². The number of carboxylic acids is 1. The van der Waals surface area contributed by atoms with E-state index in [2.05, 4.69) is 5.32 Å². The highest BCUT2D eigenvalue weighted by molar-refractivity contribution is 5.94. The van der Waals surface area contributed by atoms with Gasteiger partial charge in [-0.1, -0.05) is 12.1 Å². The predicted octanol–water partition coefficient (Wildman–Crippen LogP) is 0.926. The van der Waals surface area contributed by atoms with Gasteiger partial charge in [-0.15, -0.1) is 0 Å². The van der Waals surface area contributed by atoms with Crippen LogP contribution in [-0.4, -0.2) is 37.8 Å². The first-order valence-electron chi connectivity index (χ1n) is 4.92. The minimum atomic E-state index is -1.09. The molecule has 0 fully saturated rings. The summed E-state index contributed by atoms with van der Waals surface area (Å²) in [6.45, 7) is -0.418. The molecular weight excluding hydrogens is 224 g/mol. The van der Waals surface area contributed by atoms with E-state index in [1.807, 2.05) is 0 Å². The molecule has 0 spiro atoms. The van der Waals surface area contributed by atoms with Crippen LogP contribution in [0.2, 0.25) is 0 Å². The second-order valence-corrected chi connectivity index (χ2v) is 3.28. The van der Waals surface area contributed by atoms with Gasteiger partial charge in [0.1, 0.15) is 12.3 Å². The van der Waals surface area contributed by atoms with E-state index >= 15 is 0 Å². The lowest BCUT2D eigenvalue weighted by Crippen LogP contribution is -2.39. The zero-order chi connectivity index (χ0) is 12.8. The number of carbonyl (C=O) groups excluding carboxylic acids is 1. The van der Waals surface area contributed by atoms with Crippen LogP contribution >= 0.6 is 0 Å². The van der Waals surface area contributed by atoms with Gasteiger partial charge in [-0.25, -0.2) is 4.79 Å². The number of hydrogen-bond acceptors (Lipinski definition) is 3. The van der Waals surface area contributed by atoms with Crippen LogP contribution in [0.25, 0.3) is 0 Å². The maximum Gasteiger partial charge on any atom is 0.323 e. The Hall–Kier alpha value is -2.24. The second-order valence-electron chi connectivity index (χ2n) is 3.28. The number of urea groups is 1. The number of hydrogen-bond donors (Lipinski definition) is 2. The van der Waals surface area contributed by atoms with Crippen molar-refractivity contribution in [2.24, 2.45) is 0 Å². The molecule has 0 aliphatic carbocycles. The van der Waals surface area contributed by atoms with Crippen molar-refractivity contribution in [3.8, 4) is 5.75 Å². The molecule has 0 aliphatic rings. The van der Waals surface area contributed by atoms with Crippen molar-refractivity contribution in [1.29, 1.82) is 0 Å². The van der Waals surface area contributed by atoms with E-state index < -0.39 is 18.5 Å². The van der Waals surface area contributed by atoms with Crippen molar-refractivity contribution in [2.75, 3.05) is 25.6 Å². The van der Waals surface area contributed by atoms with Gasteiger partial charge in [0.25, 0.3) is 0 Å². The van der Waals surface area contributed by atoms with Crippen molar-refractivity contribution < 1.29 is 19.4 Å². The van der Waals surface area contributed by atoms with Crippen molar-refractivity contribution >= 4 is 17.7 Å². The molecule has 0 atom stereocenters. The predicted molar refractivity (Wildman–Crippen MR) is 62.4 cm³/mol. The van der Waals surface area contributed by atoms with Crippen molar-refractivity contribution in [1.82, 2.24) is 5.32 Å². The SMILES string of the molecule is COc1ccccc1N(C)C(=O)NCC(=O)O. The zero-order valence-corrected chi connectivity index (χ0v) is 9.64. The molecule has 0 unspecified atom stereocenters. The van der Waals surface area contributed by atoms with Crippen LogP contribution in [0.3, 0.4) is 0 Å². The molecular formula is C11H14N2O4. The summed E-state index contributed by atoms with van der Waals surface area (Å²) in [7, 11) is 3.04. The molecule has 0 aromatic heterocycles. The van der Waals surface area contributed by atoms with Crippen LogP contribution in [0.15, 0.2) is 24.3 Å². The molecule has 1 rings (SSSR count). The Morgan fingerprint density at radius 3 is 2.65 bits per heavy atom. The number of amides is 2. The van der Waals surface area contributed by atoms with Gasteiger partial charge >= 0.3 is 12.0 Å². The Bertz CT molecular complexity index is 420. The first kappa shape index (κ1) is 12.8. The lowest BCUT2D eigenvalue weighted by atomic mass is 10.3. The average Bonchev–Trinajstić information content (AvgIpc) is 2.34. The summed E-state index contributed by atoms with van der Waals surface area (Å²) < 4.78 is 5.10. The smallest absolute Gasteiger partial charge is 0.323 e. The van der Waals surface area contributed by atoms with E-state index in [4.69, 9.17) is 9.84 Å². The molecule has 0 saturated heterocycles. The number of aliphatic carboxylic acids is 1. The molecule has 1 aromatic rings. The number of carboxylic acid groups (broad SMARTS) is 1. The first-order chi connectivity index (χ1) is 8.06. The average molecular weight is 238 g/mol.